The van der Waals surface area contributed by atoms with Gasteiger partial charge in [-0.05, 0) is 44.9 Å². The monoisotopic (exact) mass is 414 g/mol. The fraction of sp³-hybridized carbons (Fsp3) is 0.476. The Bertz CT molecular complexity index is 1030. The first-order valence-electron chi connectivity index (χ1n) is 10.2. The first-order valence-corrected chi connectivity index (χ1v) is 10.2. The molecule has 2 N–H and O–H groups in total. The van der Waals surface area contributed by atoms with Crippen LogP contribution in [0.2, 0.25) is 0 Å². The molecule has 9 heteroatoms. The normalized spacial score (nSPS) is 14.7. The minimum Gasteiger partial charge on any atom is -0.449 e. The number of hydrogen-bond acceptors (Lipinski definition) is 6. The van der Waals surface area contributed by atoms with E-state index in [1.54, 1.807) is 17.6 Å². The maximum Gasteiger partial charge on any atom is 0.338 e. The number of aryl methyl sites for hydroxylation is 1. The van der Waals surface area contributed by atoms with E-state index in [0.29, 0.717) is 24.0 Å². The van der Waals surface area contributed by atoms with E-state index < -0.39 is 24.0 Å². The van der Waals surface area contributed by atoms with Crippen LogP contribution in [-0.2, 0) is 22.5 Å². The van der Waals surface area contributed by atoms with Crippen molar-refractivity contribution in [3.63, 3.8) is 0 Å². The Labute approximate surface area is 173 Å². The summed E-state index contributed by atoms with van der Waals surface area (Å²) in [6.07, 6.45) is 3.68. The molecule has 1 aliphatic rings. The van der Waals surface area contributed by atoms with Gasteiger partial charge < -0.3 is 10.1 Å². The Morgan fingerprint density at radius 1 is 1.20 bits per heavy atom. The van der Waals surface area contributed by atoms with Gasteiger partial charge >= 0.3 is 12.0 Å². The molecule has 30 heavy (non-hydrogen) atoms. The van der Waals surface area contributed by atoms with Crippen molar-refractivity contribution < 1.29 is 19.1 Å². The molecule has 2 aromatic rings. The van der Waals surface area contributed by atoms with Crippen LogP contribution >= 0.6 is 0 Å². The molecule has 0 spiro atoms. The number of carbonyl (C=O) groups is 3. The average molecular weight is 414 g/mol. The van der Waals surface area contributed by atoms with Crippen LogP contribution in [0.5, 0.6) is 0 Å². The number of nitrogens with one attached hydrogen (secondary N) is 2. The van der Waals surface area contributed by atoms with E-state index in [1.807, 2.05) is 0 Å². The quantitative estimate of drug-likeness (QED) is 0.738. The van der Waals surface area contributed by atoms with Gasteiger partial charge in [-0.2, -0.15) is 0 Å². The lowest BCUT2D eigenvalue weighted by Crippen LogP contribution is -2.44. The molecule has 1 aliphatic heterocycles. The van der Waals surface area contributed by atoms with Crippen molar-refractivity contribution in [2.45, 2.75) is 58.6 Å². The maximum atomic E-state index is 12.9. The van der Waals surface area contributed by atoms with Crippen LogP contribution < -0.4 is 16.2 Å². The van der Waals surface area contributed by atoms with Crippen LogP contribution in [0.25, 0.3) is 10.9 Å². The Kier molecular flexibility index (Phi) is 6.81. The Hall–Kier alpha value is -3.23. The number of nitrogens with zero attached hydrogens (tertiary/aromatic N) is 2. The molecule has 1 aromatic heterocycles. The molecule has 0 saturated carbocycles. The molecule has 9 nitrogen and oxygen atoms in total. The second-order valence-electron chi connectivity index (χ2n) is 7.28. The Morgan fingerprint density at radius 2 is 1.97 bits per heavy atom. The number of aromatic nitrogens is 2. The van der Waals surface area contributed by atoms with Crippen molar-refractivity contribution in [3.05, 3.63) is 39.9 Å². The number of esters is 1. The van der Waals surface area contributed by atoms with E-state index in [4.69, 9.17) is 4.74 Å². The lowest BCUT2D eigenvalue weighted by Gasteiger charge is -2.16. The van der Waals surface area contributed by atoms with Gasteiger partial charge in [0.1, 0.15) is 5.82 Å². The first kappa shape index (κ1) is 21.5. The molecule has 0 fully saturated rings. The minimum atomic E-state index is -1.16. The highest BCUT2D eigenvalue weighted by molar-refractivity contribution is 5.99. The third-order valence-electron chi connectivity index (χ3n) is 5.03. The van der Waals surface area contributed by atoms with Crippen molar-refractivity contribution in [1.82, 2.24) is 20.2 Å². The molecule has 1 unspecified atom stereocenters. The topological polar surface area (TPSA) is 119 Å². The molecular weight excluding hydrogens is 388 g/mol. The van der Waals surface area contributed by atoms with E-state index in [2.05, 4.69) is 15.6 Å². The lowest BCUT2D eigenvalue weighted by atomic mass is 10.1. The van der Waals surface area contributed by atoms with E-state index in [0.717, 1.165) is 37.9 Å². The molecule has 2 heterocycles. The highest BCUT2D eigenvalue weighted by Crippen LogP contribution is 2.17. The standard InChI is InChI=1S/C21H26N4O5/c1-3-22-21(29)24-18(26)13(2)30-20(28)14-9-10-15-16(12-14)23-17-8-6-4-5-7-11-25(17)19(15)27/h9-10,12-13H,3-8,11H2,1-2H3,(H2,22,24,26,29). The number of benzene rings is 1. The minimum absolute atomic E-state index is 0.105. The fourth-order valence-electron chi connectivity index (χ4n) is 3.42. The van der Waals surface area contributed by atoms with Gasteiger partial charge in [-0.3, -0.25) is 19.5 Å². The summed E-state index contributed by atoms with van der Waals surface area (Å²) in [5.41, 5.74) is 0.509. The van der Waals surface area contributed by atoms with Crippen LogP contribution in [0.1, 0.15) is 55.7 Å². The number of imide groups is 1. The summed E-state index contributed by atoms with van der Waals surface area (Å²) in [7, 11) is 0. The van der Waals surface area contributed by atoms with Crippen molar-refractivity contribution in [2.24, 2.45) is 0 Å². The Balaban J connectivity index is 1.80. The van der Waals surface area contributed by atoms with E-state index in [-0.39, 0.29) is 11.1 Å². The van der Waals surface area contributed by atoms with Crippen molar-refractivity contribution in [3.8, 4) is 0 Å². The second kappa shape index (κ2) is 9.51. The summed E-state index contributed by atoms with van der Waals surface area (Å²) < 4.78 is 6.89. The number of urea groups is 1. The van der Waals surface area contributed by atoms with Gasteiger partial charge in [0.05, 0.1) is 16.5 Å². The van der Waals surface area contributed by atoms with Gasteiger partial charge in [0.25, 0.3) is 11.5 Å². The molecule has 1 atom stereocenters. The molecule has 3 rings (SSSR count). The number of hydrogen-bond donors (Lipinski definition) is 2. The number of rotatable bonds is 4. The highest BCUT2D eigenvalue weighted by Gasteiger charge is 2.21. The van der Waals surface area contributed by atoms with Crippen LogP contribution in [0.4, 0.5) is 4.79 Å². The van der Waals surface area contributed by atoms with Crippen LogP contribution in [0.15, 0.2) is 23.0 Å². The maximum absolute atomic E-state index is 12.9. The summed E-state index contributed by atoms with van der Waals surface area (Å²) in [4.78, 5) is 53.4. The zero-order valence-corrected chi connectivity index (χ0v) is 17.2. The molecule has 3 amide bonds. The summed E-state index contributed by atoms with van der Waals surface area (Å²) in [5.74, 6) is -0.732. The smallest absolute Gasteiger partial charge is 0.338 e. The fourth-order valence-corrected chi connectivity index (χ4v) is 3.42. The summed E-state index contributed by atoms with van der Waals surface area (Å²) in [6, 6.07) is 3.90. The second-order valence-corrected chi connectivity index (χ2v) is 7.28. The van der Waals surface area contributed by atoms with E-state index >= 15 is 0 Å². The summed E-state index contributed by atoms with van der Waals surface area (Å²) in [6.45, 7) is 4.11. The van der Waals surface area contributed by atoms with E-state index in [9.17, 15) is 19.2 Å². The molecule has 0 radical (unpaired) electrons. The van der Waals surface area contributed by atoms with Gasteiger partial charge in [0.15, 0.2) is 6.10 Å². The predicted molar refractivity (Wildman–Crippen MR) is 110 cm³/mol. The third kappa shape index (κ3) is 4.84. The van der Waals surface area contributed by atoms with Crippen molar-refractivity contribution >= 4 is 28.8 Å². The van der Waals surface area contributed by atoms with Crippen LogP contribution in [0.3, 0.4) is 0 Å². The number of amides is 3. The zero-order chi connectivity index (χ0) is 21.7. The lowest BCUT2D eigenvalue weighted by molar-refractivity contribution is -0.127. The molecule has 0 bridgehead atoms. The number of carbonyl (C=O) groups excluding carboxylic acids is 3. The SMILES string of the molecule is CCNC(=O)NC(=O)C(C)OC(=O)c1ccc2c(=O)n3c(nc2c1)CCCCCC3. The van der Waals surface area contributed by atoms with Crippen LogP contribution in [-0.4, -0.2) is 40.1 Å². The van der Waals surface area contributed by atoms with Gasteiger partial charge in [0.2, 0.25) is 0 Å². The molecule has 1 aromatic carbocycles. The van der Waals surface area contributed by atoms with Crippen LogP contribution in [0, 0.1) is 0 Å². The van der Waals surface area contributed by atoms with Crippen molar-refractivity contribution in [1.29, 1.82) is 0 Å². The van der Waals surface area contributed by atoms with Gasteiger partial charge in [-0.25, -0.2) is 14.6 Å². The van der Waals surface area contributed by atoms with Gasteiger partial charge in [0, 0.05) is 19.5 Å². The van der Waals surface area contributed by atoms with Crippen molar-refractivity contribution in [2.75, 3.05) is 6.54 Å². The first-order chi connectivity index (χ1) is 14.4. The molecule has 160 valence electrons. The number of ether oxygens (including phenoxy) is 1. The highest BCUT2D eigenvalue weighted by atomic mass is 16.5. The largest absolute Gasteiger partial charge is 0.449 e. The number of fused-ring (bicyclic) bond motifs is 2. The predicted octanol–water partition coefficient (Wildman–Crippen LogP) is 1.90. The molecular formula is C21H26N4O5. The summed E-state index contributed by atoms with van der Waals surface area (Å²) in [5, 5.41) is 4.96. The van der Waals surface area contributed by atoms with Gasteiger partial charge in [-0.15, -0.1) is 0 Å². The van der Waals surface area contributed by atoms with E-state index in [1.165, 1.54) is 19.1 Å². The molecule has 0 saturated heterocycles. The summed E-state index contributed by atoms with van der Waals surface area (Å²) >= 11 is 0. The molecule has 0 aliphatic carbocycles. The average Bonchev–Trinajstić information content (AvgIpc) is 2.69. The zero-order valence-electron chi connectivity index (χ0n) is 17.2. The third-order valence-corrected chi connectivity index (χ3v) is 5.03. The van der Waals surface area contributed by atoms with Gasteiger partial charge in [-0.1, -0.05) is 12.8 Å². The Morgan fingerprint density at radius 3 is 2.73 bits per heavy atom.